The van der Waals surface area contributed by atoms with Gasteiger partial charge in [-0.2, -0.15) is 0 Å². The van der Waals surface area contributed by atoms with E-state index in [1.165, 1.54) is 4.90 Å². The summed E-state index contributed by atoms with van der Waals surface area (Å²) in [5.74, 6) is -0.999. The van der Waals surface area contributed by atoms with Gasteiger partial charge < -0.3 is 0 Å². The van der Waals surface area contributed by atoms with E-state index >= 15 is 0 Å². The number of hydrogen-bond donors (Lipinski definition) is 0. The van der Waals surface area contributed by atoms with E-state index < -0.39 is 5.91 Å². The molecule has 1 unspecified atom stereocenters. The van der Waals surface area contributed by atoms with Crippen molar-refractivity contribution in [1.82, 2.24) is 0 Å². The van der Waals surface area contributed by atoms with Crippen molar-refractivity contribution in [3.05, 3.63) is 53.8 Å². The summed E-state index contributed by atoms with van der Waals surface area (Å²) in [5, 5.41) is 0. The summed E-state index contributed by atoms with van der Waals surface area (Å²) in [6.07, 6.45) is 4.52. The largest absolute Gasteiger partial charge is 0.299 e. The number of para-hydroxylation sites is 1. The molecule has 0 radical (unpaired) electrons. The highest BCUT2D eigenvalue weighted by molar-refractivity contribution is 6.46. The van der Waals surface area contributed by atoms with Gasteiger partial charge in [0.05, 0.1) is 5.92 Å². The van der Waals surface area contributed by atoms with Crippen LogP contribution in [0.3, 0.4) is 0 Å². The van der Waals surface area contributed by atoms with E-state index in [0.29, 0.717) is 6.42 Å². The van der Waals surface area contributed by atoms with Crippen LogP contribution in [0, 0.1) is 5.92 Å². The van der Waals surface area contributed by atoms with E-state index in [-0.39, 0.29) is 11.7 Å². The molecule has 1 heterocycles. The van der Waals surface area contributed by atoms with Crippen molar-refractivity contribution >= 4 is 17.4 Å². The number of amides is 1. The molecule has 3 heteroatoms. The third-order valence-corrected chi connectivity index (χ3v) is 3.42. The highest BCUT2D eigenvalue weighted by Gasteiger charge is 2.44. The average molecular weight is 239 g/mol. The van der Waals surface area contributed by atoms with E-state index in [1.54, 1.807) is 0 Å². The average Bonchev–Trinajstić information content (AvgIpc) is 2.64. The minimum absolute atomic E-state index is 0.289. The number of rotatable bonds is 1. The first kappa shape index (κ1) is 11.0. The van der Waals surface area contributed by atoms with Crippen LogP contribution in [0.1, 0.15) is 13.3 Å². The lowest BCUT2D eigenvalue weighted by Gasteiger charge is -2.21. The topological polar surface area (TPSA) is 37.4 Å². The van der Waals surface area contributed by atoms with Gasteiger partial charge in [0.1, 0.15) is 0 Å². The smallest absolute Gasteiger partial charge is 0.288 e. The monoisotopic (exact) mass is 239 g/mol. The highest BCUT2D eigenvalue weighted by Crippen LogP contribution is 2.37. The second kappa shape index (κ2) is 3.95. The van der Waals surface area contributed by atoms with Crippen LogP contribution in [0.15, 0.2) is 53.8 Å². The van der Waals surface area contributed by atoms with Gasteiger partial charge in [0.15, 0.2) is 0 Å². The van der Waals surface area contributed by atoms with Gasteiger partial charge in [-0.05, 0) is 31.6 Å². The fourth-order valence-corrected chi connectivity index (χ4v) is 2.52. The first-order valence-electron chi connectivity index (χ1n) is 5.99. The van der Waals surface area contributed by atoms with Crippen LogP contribution in [0.2, 0.25) is 0 Å². The number of hydrogen-bond acceptors (Lipinski definition) is 2. The van der Waals surface area contributed by atoms with Gasteiger partial charge in [-0.1, -0.05) is 29.8 Å². The maximum atomic E-state index is 12.1. The molecular formula is C15H13NO2. The third kappa shape index (κ3) is 1.51. The molecule has 1 aliphatic heterocycles. The maximum absolute atomic E-state index is 12.1. The zero-order chi connectivity index (χ0) is 12.7. The predicted molar refractivity (Wildman–Crippen MR) is 68.9 cm³/mol. The molecule has 18 heavy (non-hydrogen) atoms. The van der Waals surface area contributed by atoms with Crippen LogP contribution in [-0.4, -0.2) is 11.7 Å². The Morgan fingerprint density at radius 3 is 2.56 bits per heavy atom. The molecule has 2 aliphatic rings. The molecule has 1 aliphatic carbocycles. The summed E-state index contributed by atoms with van der Waals surface area (Å²) in [6.45, 7) is 1.98. The standard InChI is InChI=1S/C15H13NO2/c1-10-7-8-13-12(9-10)14(17)15(18)16(13)11-5-3-2-4-6-11/h2-8,12H,9H2,1H3. The minimum atomic E-state index is -0.416. The number of benzene rings is 1. The molecule has 0 bridgehead atoms. The number of carbonyl (C=O) groups excluding carboxylic acids is 2. The fourth-order valence-electron chi connectivity index (χ4n) is 2.52. The molecule has 3 nitrogen and oxygen atoms in total. The summed E-state index contributed by atoms with van der Waals surface area (Å²) in [4.78, 5) is 25.6. The number of fused-ring (bicyclic) bond motifs is 1. The zero-order valence-corrected chi connectivity index (χ0v) is 10.1. The van der Waals surface area contributed by atoms with E-state index in [2.05, 4.69) is 0 Å². The van der Waals surface area contributed by atoms with Crippen molar-refractivity contribution in [2.75, 3.05) is 4.90 Å². The molecule has 1 fully saturated rings. The SMILES string of the molecule is CC1=CC=C2C(C1)C(=O)C(=O)N2c1ccccc1. The Morgan fingerprint density at radius 2 is 1.83 bits per heavy atom. The number of allylic oxidation sites excluding steroid dienone is 4. The predicted octanol–water partition coefficient (Wildman–Crippen LogP) is 2.45. The van der Waals surface area contributed by atoms with E-state index in [0.717, 1.165) is 17.0 Å². The Kier molecular flexibility index (Phi) is 2.40. The molecule has 1 saturated heterocycles. The molecule has 1 aromatic carbocycles. The van der Waals surface area contributed by atoms with Gasteiger partial charge in [0.2, 0.25) is 5.78 Å². The first-order chi connectivity index (χ1) is 8.68. The van der Waals surface area contributed by atoms with Crippen molar-refractivity contribution in [2.45, 2.75) is 13.3 Å². The van der Waals surface area contributed by atoms with Gasteiger partial charge in [-0.25, -0.2) is 0 Å². The molecule has 0 aromatic heterocycles. The molecule has 0 saturated carbocycles. The van der Waals surface area contributed by atoms with Crippen LogP contribution < -0.4 is 4.90 Å². The fraction of sp³-hybridized carbons (Fsp3) is 0.200. The Bertz CT molecular complexity index is 584. The summed E-state index contributed by atoms with van der Waals surface area (Å²) in [6, 6.07) is 9.32. The molecule has 1 aromatic rings. The summed E-state index contributed by atoms with van der Waals surface area (Å²) in [7, 11) is 0. The van der Waals surface area contributed by atoms with Gasteiger partial charge in [-0.15, -0.1) is 0 Å². The van der Waals surface area contributed by atoms with E-state index in [4.69, 9.17) is 0 Å². The van der Waals surface area contributed by atoms with Crippen molar-refractivity contribution in [1.29, 1.82) is 0 Å². The molecule has 1 atom stereocenters. The summed E-state index contributed by atoms with van der Waals surface area (Å²) < 4.78 is 0. The van der Waals surface area contributed by atoms with Gasteiger partial charge in [0.25, 0.3) is 5.91 Å². The second-order valence-electron chi connectivity index (χ2n) is 4.70. The van der Waals surface area contributed by atoms with Crippen molar-refractivity contribution in [2.24, 2.45) is 5.92 Å². The number of Topliss-reactive ketones (excluding diaryl/α,β-unsaturated/α-hetero) is 1. The number of anilines is 1. The van der Waals surface area contributed by atoms with Crippen molar-refractivity contribution in [3.8, 4) is 0 Å². The van der Waals surface area contributed by atoms with Gasteiger partial charge in [-0.3, -0.25) is 14.5 Å². The molecular weight excluding hydrogens is 226 g/mol. The Hall–Kier alpha value is -2.16. The quantitative estimate of drug-likeness (QED) is 0.706. The molecule has 1 amide bonds. The van der Waals surface area contributed by atoms with Crippen LogP contribution in [0.25, 0.3) is 0 Å². The number of carbonyl (C=O) groups is 2. The Morgan fingerprint density at radius 1 is 1.11 bits per heavy atom. The lowest BCUT2D eigenvalue weighted by molar-refractivity contribution is -0.135. The zero-order valence-electron chi connectivity index (χ0n) is 10.1. The van der Waals surface area contributed by atoms with Crippen LogP contribution >= 0.6 is 0 Å². The summed E-state index contributed by atoms with van der Waals surface area (Å²) >= 11 is 0. The molecule has 0 spiro atoms. The van der Waals surface area contributed by atoms with Gasteiger partial charge >= 0.3 is 0 Å². The second-order valence-corrected chi connectivity index (χ2v) is 4.70. The van der Waals surface area contributed by atoms with Gasteiger partial charge in [0, 0.05) is 11.4 Å². The van der Waals surface area contributed by atoms with Crippen LogP contribution in [0.4, 0.5) is 5.69 Å². The van der Waals surface area contributed by atoms with E-state index in [1.807, 2.05) is 49.4 Å². The number of nitrogens with zero attached hydrogens (tertiary/aromatic N) is 1. The Balaban J connectivity index is 2.09. The molecule has 0 N–H and O–H groups in total. The van der Waals surface area contributed by atoms with Crippen LogP contribution in [-0.2, 0) is 9.59 Å². The molecule has 3 rings (SSSR count). The van der Waals surface area contributed by atoms with Crippen LogP contribution in [0.5, 0.6) is 0 Å². The number of ketones is 1. The lowest BCUT2D eigenvalue weighted by atomic mass is 9.91. The maximum Gasteiger partial charge on any atom is 0.299 e. The Labute approximate surface area is 105 Å². The lowest BCUT2D eigenvalue weighted by Crippen LogP contribution is -2.25. The van der Waals surface area contributed by atoms with Crippen molar-refractivity contribution < 1.29 is 9.59 Å². The normalized spacial score (nSPS) is 22.7. The minimum Gasteiger partial charge on any atom is -0.288 e. The highest BCUT2D eigenvalue weighted by atomic mass is 16.2. The summed E-state index contributed by atoms with van der Waals surface area (Å²) in [5.41, 5.74) is 2.71. The third-order valence-electron chi connectivity index (χ3n) is 3.42. The van der Waals surface area contributed by atoms with E-state index in [9.17, 15) is 9.59 Å². The molecule has 90 valence electrons. The van der Waals surface area contributed by atoms with Crippen molar-refractivity contribution in [3.63, 3.8) is 0 Å². The first-order valence-corrected chi connectivity index (χ1v) is 5.99.